The monoisotopic (exact) mass is 360 g/mol. The number of halogens is 2. The maximum Gasteiger partial charge on any atom is 0.263 e. The number of nitrogens with zero attached hydrogens (tertiary/aromatic N) is 1. The van der Waals surface area contributed by atoms with E-state index in [1.54, 1.807) is 19.1 Å². The van der Waals surface area contributed by atoms with Crippen LogP contribution in [0.15, 0.2) is 16.6 Å². The fourth-order valence-corrected chi connectivity index (χ4v) is 3.23. The molecule has 2 N–H and O–H groups in total. The molecule has 0 spiro atoms. The van der Waals surface area contributed by atoms with Crippen molar-refractivity contribution in [3.8, 4) is 5.75 Å². The van der Waals surface area contributed by atoms with Crippen molar-refractivity contribution in [1.29, 1.82) is 0 Å². The predicted octanol–water partition coefficient (Wildman–Crippen LogP) is 3.46. The normalized spacial score (nSPS) is 16.9. The van der Waals surface area contributed by atoms with E-state index in [0.717, 1.165) is 25.9 Å². The highest BCUT2D eigenvalue weighted by atomic mass is 79.9. The summed E-state index contributed by atoms with van der Waals surface area (Å²) in [6.45, 7) is 3.37. The average molecular weight is 362 g/mol. The number of hydrogen-bond donors (Lipinski definition) is 1. The van der Waals surface area contributed by atoms with Gasteiger partial charge in [0.1, 0.15) is 0 Å². The topological polar surface area (TPSA) is 55.6 Å². The Kier molecular flexibility index (Phi) is 5.16. The van der Waals surface area contributed by atoms with E-state index < -0.39 is 6.10 Å². The number of amides is 1. The number of piperidine rings is 1. The lowest BCUT2D eigenvalue weighted by molar-refractivity contribution is -0.138. The minimum absolute atomic E-state index is 0.00551. The fourth-order valence-electron chi connectivity index (χ4n) is 2.30. The second kappa shape index (κ2) is 6.68. The molecule has 1 aromatic carbocycles. The van der Waals surface area contributed by atoms with Crippen molar-refractivity contribution in [3.63, 3.8) is 0 Å². The van der Waals surface area contributed by atoms with E-state index >= 15 is 0 Å². The minimum atomic E-state index is -0.562. The summed E-state index contributed by atoms with van der Waals surface area (Å²) in [5.74, 6) is 0.471. The summed E-state index contributed by atoms with van der Waals surface area (Å²) in [5, 5.41) is 0.525. The standard InChI is InChI=1S/C14H18BrClN2O2/c1-9(14(19)18-5-3-2-4-6-18)20-13-11(15)7-10(16)8-12(13)17/h7-9H,2-6,17H2,1H3. The molecule has 0 aromatic heterocycles. The Morgan fingerprint density at radius 1 is 1.40 bits per heavy atom. The van der Waals surface area contributed by atoms with Gasteiger partial charge in [0, 0.05) is 18.1 Å². The molecule has 20 heavy (non-hydrogen) atoms. The first-order chi connectivity index (χ1) is 9.49. The molecule has 0 radical (unpaired) electrons. The highest BCUT2D eigenvalue weighted by molar-refractivity contribution is 9.10. The van der Waals surface area contributed by atoms with Crippen molar-refractivity contribution in [1.82, 2.24) is 4.90 Å². The lowest BCUT2D eigenvalue weighted by atomic mass is 10.1. The number of anilines is 1. The molecule has 4 nitrogen and oxygen atoms in total. The van der Waals surface area contributed by atoms with Crippen molar-refractivity contribution in [2.45, 2.75) is 32.3 Å². The number of rotatable bonds is 3. The smallest absolute Gasteiger partial charge is 0.263 e. The number of nitrogens with two attached hydrogens (primary N) is 1. The van der Waals surface area contributed by atoms with Gasteiger partial charge in [0.15, 0.2) is 11.9 Å². The molecule has 1 saturated heterocycles. The molecule has 0 aliphatic carbocycles. The number of benzene rings is 1. The van der Waals surface area contributed by atoms with Gasteiger partial charge in [-0.1, -0.05) is 11.6 Å². The van der Waals surface area contributed by atoms with Crippen LogP contribution in [0.4, 0.5) is 5.69 Å². The number of carbonyl (C=O) groups is 1. The Balaban J connectivity index is 2.07. The lowest BCUT2D eigenvalue weighted by Crippen LogP contribution is -2.43. The van der Waals surface area contributed by atoms with Crippen LogP contribution in [-0.2, 0) is 4.79 Å². The maximum absolute atomic E-state index is 12.3. The fraction of sp³-hybridized carbons (Fsp3) is 0.500. The Morgan fingerprint density at radius 3 is 2.65 bits per heavy atom. The number of nitrogen functional groups attached to an aromatic ring is 1. The molecule has 110 valence electrons. The van der Waals surface area contributed by atoms with Crippen LogP contribution in [0.2, 0.25) is 5.02 Å². The van der Waals surface area contributed by atoms with Crippen LogP contribution in [0.5, 0.6) is 5.75 Å². The Bertz CT molecular complexity index is 481. The van der Waals surface area contributed by atoms with Crippen LogP contribution in [0, 0.1) is 0 Å². The van der Waals surface area contributed by atoms with Gasteiger partial charge >= 0.3 is 0 Å². The molecule has 1 aliphatic heterocycles. The first-order valence-corrected chi connectivity index (χ1v) is 7.86. The molecule has 6 heteroatoms. The quantitative estimate of drug-likeness (QED) is 0.839. The predicted molar refractivity (Wildman–Crippen MR) is 84.1 cm³/mol. The van der Waals surface area contributed by atoms with E-state index in [1.165, 1.54) is 6.42 Å². The molecule has 1 aromatic rings. The zero-order valence-electron chi connectivity index (χ0n) is 11.4. The molecule has 1 unspecified atom stereocenters. The first-order valence-electron chi connectivity index (χ1n) is 6.69. The SMILES string of the molecule is CC(Oc1c(N)cc(Cl)cc1Br)C(=O)N1CCCCC1. The summed E-state index contributed by atoms with van der Waals surface area (Å²) < 4.78 is 6.38. The van der Waals surface area contributed by atoms with Crippen molar-refractivity contribution in [2.24, 2.45) is 0 Å². The van der Waals surface area contributed by atoms with E-state index in [-0.39, 0.29) is 5.91 Å². The van der Waals surface area contributed by atoms with Gasteiger partial charge < -0.3 is 15.4 Å². The third-order valence-electron chi connectivity index (χ3n) is 3.35. The zero-order valence-corrected chi connectivity index (χ0v) is 13.7. The first kappa shape index (κ1) is 15.4. The minimum Gasteiger partial charge on any atom is -0.478 e. The van der Waals surface area contributed by atoms with Crippen LogP contribution in [0.3, 0.4) is 0 Å². The second-order valence-corrected chi connectivity index (χ2v) is 6.24. The van der Waals surface area contributed by atoms with Gasteiger partial charge in [0.05, 0.1) is 10.2 Å². The van der Waals surface area contributed by atoms with Gasteiger partial charge in [-0.3, -0.25) is 4.79 Å². The van der Waals surface area contributed by atoms with E-state index in [9.17, 15) is 4.79 Å². The number of carbonyl (C=O) groups excluding carboxylic acids is 1. The summed E-state index contributed by atoms with van der Waals surface area (Å²) in [6, 6.07) is 3.31. The Morgan fingerprint density at radius 2 is 2.05 bits per heavy atom. The van der Waals surface area contributed by atoms with Crippen molar-refractivity contribution in [3.05, 3.63) is 21.6 Å². The maximum atomic E-state index is 12.3. The molecule has 0 saturated carbocycles. The molecule has 1 aliphatic rings. The molecule has 1 heterocycles. The van der Waals surface area contributed by atoms with Crippen LogP contribution in [0.25, 0.3) is 0 Å². The Labute approximate surface area is 132 Å². The molecular weight excluding hydrogens is 344 g/mol. The third-order valence-corrected chi connectivity index (χ3v) is 4.15. The van der Waals surface area contributed by atoms with Crippen LogP contribution >= 0.6 is 27.5 Å². The molecule has 1 atom stereocenters. The number of likely N-dealkylation sites (tertiary alicyclic amines) is 1. The van der Waals surface area contributed by atoms with Crippen LogP contribution < -0.4 is 10.5 Å². The summed E-state index contributed by atoms with van der Waals surface area (Å²) in [5.41, 5.74) is 6.30. The van der Waals surface area contributed by atoms with Gasteiger partial charge in [0.2, 0.25) is 0 Å². The molecule has 1 fully saturated rings. The summed E-state index contributed by atoms with van der Waals surface area (Å²) in [6.07, 6.45) is 2.75. The van der Waals surface area contributed by atoms with E-state index in [0.29, 0.717) is 20.9 Å². The molecule has 1 amide bonds. The molecule has 0 bridgehead atoms. The lowest BCUT2D eigenvalue weighted by Gasteiger charge is -2.29. The summed E-state index contributed by atoms with van der Waals surface area (Å²) in [7, 11) is 0. The third kappa shape index (κ3) is 3.58. The van der Waals surface area contributed by atoms with Gasteiger partial charge in [-0.2, -0.15) is 0 Å². The highest BCUT2D eigenvalue weighted by Gasteiger charge is 2.24. The van der Waals surface area contributed by atoms with Crippen molar-refractivity contribution in [2.75, 3.05) is 18.8 Å². The van der Waals surface area contributed by atoms with Crippen LogP contribution in [0.1, 0.15) is 26.2 Å². The van der Waals surface area contributed by atoms with E-state index in [2.05, 4.69) is 15.9 Å². The van der Waals surface area contributed by atoms with Gasteiger partial charge in [-0.15, -0.1) is 0 Å². The van der Waals surface area contributed by atoms with Crippen molar-refractivity contribution >= 4 is 39.1 Å². The average Bonchev–Trinajstić information content (AvgIpc) is 2.42. The largest absolute Gasteiger partial charge is 0.478 e. The number of ether oxygens (including phenoxy) is 1. The zero-order chi connectivity index (χ0) is 14.7. The summed E-state index contributed by atoms with van der Waals surface area (Å²) >= 11 is 9.26. The number of hydrogen-bond acceptors (Lipinski definition) is 3. The van der Waals surface area contributed by atoms with E-state index in [4.69, 9.17) is 22.1 Å². The second-order valence-electron chi connectivity index (χ2n) is 4.95. The summed E-state index contributed by atoms with van der Waals surface area (Å²) in [4.78, 5) is 14.2. The van der Waals surface area contributed by atoms with Gasteiger partial charge in [-0.25, -0.2) is 0 Å². The molecular formula is C14H18BrClN2O2. The highest BCUT2D eigenvalue weighted by Crippen LogP contribution is 2.35. The van der Waals surface area contributed by atoms with Gasteiger partial charge in [-0.05, 0) is 54.2 Å². The van der Waals surface area contributed by atoms with Crippen LogP contribution in [-0.4, -0.2) is 30.0 Å². The Hall–Kier alpha value is -0.940. The van der Waals surface area contributed by atoms with Crippen molar-refractivity contribution < 1.29 is 9.53 Å². The van der Waals surface area contributed by atoms with Gasteiger partial charge in [0.25, 0.3) is 5.91 Å². The van der Waals surface area contributed by atoms with E-state index in [1.807, 2.05) is 4.90 Å². The molecule has 2 rings (SSSR count).